The Morgan fingerprint density at radius 1 is 1.04 bits per heavy atom. The van der Waals surface area contributed by atoms with Crippen molar-refractivity contribution >= 4 is 29.6 Å². The molecular formula is C15H24N6O4S. The number of rotatable bonds is 6. The Morgan fingerprint density at radius 3 is 2.35 bits per heavy atom. The van der Waals surface area contributed by atoms with Crippen molar-refractivity contribution in [3.63, 3.8) is 0 Å². The van der Waals surface area contributed by atoms with Crippen LogP contribution in [0.4, 0.5) is 17.8 Å². The zero-order valence-corrected chi connectivity index (χ0v) is 15.1. The maximum Gasteiger partial charge on any atom is 0.232 e. The summed E-state index contributed by atoms with van der Waals surface area (Å²) in [6.07, 6.45) is -1.89. The SMILES string of the molecule is OC[C@H]1O[C@@H](Nc2nc(NC3CC3)nc(N3CCSCC3)n2)[C@H](O)[C@@H]1O. The van der Waals surface area contributed by atoms with Crippen molar-refractivity contribution in [2.24, 2.45) is 0 Å². The fourth-order valence-electron chi connectivity index (χ4n) is 2.95. The van der Waals surface area contributed by atoms with Crippen LogP contribution in [0.2, 0.25) is 0 Å². The maximum absolute atomic E-state index is 10.1. The number of hydrogen-bond acceptors (Lipinski definition) is 11. The molecule has 0 aromatic carbocycles. The summed E-state index contributed by atoms with van der Waals surface area (Å²) in [5, 5.41) is 35.4. The maximum atomic E-state index is 10.1. The molecule has 3 heterocycles. The predicted octanol–water partition coefficient (Wildman–Crippen LogP) is -1.15. The summed E-state index contributed by atoms with van der Waals surface area (Å²) in [7, 11) is 0. The Morgan fingerprint density at radius 2 is 1.73 bits per heavy atom. The summed E-state index contributed by atoms with van der Waals surface area (Å²) < 4.78 is 5.46. The standard InChI is InChI=1S/C15H24N6O4S/c22-7-9-10(23)11(24)12(25-9)17-14-18-13(16-8-1-2-8)19-15(20-14)21-3-5-26-6-4-21/h8-12,22-24H,1-7H2,(H2,16,17,18,19,20)/t9-,10-,11-,12-/m1/s1. The van der Waals surface area contributed by atoms with Gasteiger partial charge < -0.3 is 35.6 Å². The van der Waals surface area contributed by atoms with E-state index in [9.17, 15) is 15.3 Å². The van der Waals surface area contributed by atoms with Gasteiger partial charge in [-0.1, -0.05) is 0 Å². The van der Waals surface area contributed by atoms with E-state index >= 15 is 0 Å². The number of thioether (sulfide) groups is 1. The molecule has 1 saturated carbocycles. The third-order valence-corrected chi connectivity index (χ3v) is 5.58. The Balaban J connectivity index is 1.53. The minimum Gasteiger partial charge on any atom is -0.394 e. The lowest BCUT2D eigenvalue weighted by Gasteiger charge is -2.27. The Labute approximate surface area is 155 Å². The molecule has 4 atom stereocenters. The first-order valence-corrected chi connectivity index (χ1v) is 10.0. The second-order valence-corrected chi connectivity index (χ2v) is 7.93. The number of nitrogens with one attached hydrogen (secondary N) is 2. The lowest BCUT2D eigenvalue weighted by molar-refractivity contribution is -0.0154. The minimum absolute atomic E-state index is 0.270. The highest BCUT2D eigenvalue weighted by atomic mass is 32.2. The third-order valence-electron chi connectivity index (χ3n) is 4.64. The number of aliphatic hydroxyl groups excluding tert-OH is 3. The van der Waals surface area contributed by atoms with E-state index in [2.05, 4.69) is 30.5 Å². The number of aromatic nitrogens is 3. The second-order valence-electron chi connectivity index (χ2n) is 6.70. The lowest BCUT2D eigenvalue weighted by Crippen LogP contribution is -2.37. The van der Waals surface area contributed by atoms with Crippen molar-refractivity contribution in [1.82, 2.24) is 15.0 Å². The summed E-state index contributed by atoms with van der Waals surface area (Å²) in [4.78, 5) is 15.5. The number of anilines is 3. The van der Waals surface area contributed by atoms with Gasteiger partial charge in [0.05, 0.1) is 6.61 Å². The number of hydrogen-bond donors (Lipinski definition) is 5. The molecule has 3 aliphatic rings. The van der Waals surface area contributed by atoms with Crippen LogP contribution in [0, 0.1) is 0 Å². The van der Waals surface area contributed by atoms with Gasteiger partial charge in [-0.3, -0.25) is 0 Å². The molecule has 11 heteroatoms. The van der Waals surface area contributed by atoms with Crippen LogP contribution in [0.3, 0.4) is 0 Å². The van der Waals surface area contributed by atoms with Gasteiger partial charge in [-0.2, -0.15) is 26.7 Å². The van der Waals surface area contributed by atoms with E-state index in [1.54, 1.807) is 0 Å². The zero-order valence-electron chi connectivity index (χ0n) is 14.3. The number of aliphatic hydroxyl groups is 3. The van der Waals surface area contributed by atoms with Gasteiger partial charge in [0.25, 0.3) is 0 Å². The highest BCUT2D eigenvalue weighted by Gasteiger charge is 2.42. The van der Waals surface area contributed by atoms with E-state index in [1.165, 1.54) is 0 Å². The molecule has 0 spiro atoms. The molecular weight excluding hydrogens is 360 g/mol. The Kier molecular flexibility index (Phi) is 5.32. The summed E-state index contributed by atoms with van der Waals surface area (Å²) in [6, 6.07) is 0.393. The van der Waals surface area contributed by atoms with Gasteiger partial charge in [0.2, 0.25) is 17.8 Å². The fraction of sp³-hybridized carbons (Fsp3) is 0.800. The topological polar surface area (TPSA) is 136 Å². The Bertz CT molecular complexity index is 630. The van der Waals surface area contributed by atoms with Gasteiger partial charge in [0.15, 0.2) is 6.23 Å². The van der Waals surface area contributed by atoms with Crippen molar-refractivity contribution in [2.45, 2.75) is 43.4 Å². The first-order valence-electron chi connectivity index (χ1n) is 8.88. The van der Waals surface area contributed by atoms with Crippen LogP contribution in [0.5, 0.6) is 0 Å². The van der Waals surface area contributed by atoms with Crippen molar-refractivity contribution in [1.29, 1.82) is 0 Å². The highest BCUT2D eigenvalue weighted by molar-refractivity contribution is 7.99. The summed E-state index contributed by atoms with van der Waals surface area (Å²) in [5.74, 6) is 3.39. The smallest absolute Gasteiger partial charge is 0.232 e. The lowest BCUT2D eigenvalue weighted by atomic mass is 10.1. The molecule has 2 saturated heterocycles. The van der Waals surface area contributed by atoms with Gasteiger partial charge in [0.1, 0.15) is 18.3 Å². The van der Waals surface area contributed by atoms with Crippen molar-refractivity contribution in [2.75, 3.05) is 46.7 Å². The quantitative estimate of drug-likeness (QED) is 0.407. The van der Waals surface area contributed by atoms with Gasteiger partial charge >= 0.3 is 0 Å². The molecule has 10 nitrogen and oxygen atoms in total. The molecule has 26 heavy (non-hydrogen) atoms. The largest absolute Gasteiger partial charge is 0.394 e. The average Bonchev–Trinajstić information content (AvgIpc) is 3.44. The van der Waals surface area contributed by atoms with Crippen molar-refractivity contribution in [3.8, 4) is 0 Å². The normalized spacial score (nSPS) is 31.9. The van der Waals surface area contributed by atoms with Crippen LogP contribution in [0.25, 0.3) is 0 Å². The molecule has 1 aromatic rings. The molecule has 1 aromatic heterocycles. The molecule has 0 radical (unpaired) electrons. The monoisotopic (exact) mass is 384 g/mol. The van der Waals surface area contributed by atoms with Gasteiger partial charge in [0, 0.05) is 30.6 Å². The van der Waals surface area contributed by atoms with Crippen LogP contribution < -0.4 is 15.5 Å². The first kappa shape index (κ1) is 18.0. The predicted molar refractivity (Wildman–Crippen MR) is 97.4 cm³/mol. The Hall–Kier alpha value is -1.40. The molecule has 1 aliphatic carbocycles. The van der Waals surface area contributed by atoms with E-state index < -0.39 is 24.5 Å². The molecule has 4 rings (SSSR count). The van der Waals surface area contributed by atoms with E-state index in [4.69, 9.17) is 4.74 Å². The van der Waals surface area contributed by atoms with Crippen LogP contribution >= 0.6 is 11.8 Å². The summed E-state index contributed by atoms with van der Waals surface area (Å²) >= 11 is 1.90. The third kappa shape index (κ3) is 3.96. The molecule has 144 valence electrons. The molecule has 3 fully saturated rings. The summed E-state index contributed by atoms with van der Waals surface area (Å²) in [6.45, 7) is 1.36. The first-order chi connectivity index (χ1) is 12.6. The van der Waals surface area contributed by atoms with E-state index in [0.717, 1.165) is 37.4 Å². The average molecular weight is 384 g/mol. The number of nitrogens with zero attached hydrogens (tertiary/aromatic N) is 4. The van der Waals surface area contributed by atoms with Gasteiger partial charge in [-0.15, -0.1) is 0 Å². The van der Waals surface area contributed by atoms with Gasteiger partial charge in [-0.05, 0) is 12.8 Å². The highest BCUT2D eigenvalue weighted by Crippen LogP contribution is 2.26. The van der Waals surface area contributed by atoms with E-state index in [-0.39, 0.29) is 12.6 Å². The molecule has 0 unspecified atom stereocenters. The van der Waals surface area contributed by atoms with Crippen molar-refractivity contribution in [3.05, 3.63) is 0 Å². The van der Waals surface area contributed by atoms with Gasteiger partial charge in [-0.25, -0.2) is 0 Å². The molecule has 5 N–H and O–H groups in total. The van der Waals surface area contributed by atoms with E-state index in [1.807, 2.05) is 11.8 Å². The van der Waals surface area contributed by atoms with Crippen LogP contribution in [0.1, 0.15) is 12.8 Å². The second kappa shape index (κ2) is 7.69. The fourth-order valence-corrected chi connectivity index (χ4v) is 3.86. The zero-order chi connectivity index (χ0) is 18.1. The van der Waals surface area contributed by atoms with E-state index in [0.29, 0.717) is 17.9 Å². The van der Waals surface area contributed by atoms with Crippen molar-refractivity contribution < 1.29 is 20.1 Å². The molecule has 2 aliphatic heterocycles. The number of ether oxygens (including phenoxy) is 1. The van der Waals surface area contributed by atoms with Crippen LogP contribution in [0.15, 0.2) is 0 Å². The summed E-state index contributed by atoms with van der Waals surface area (Å²) in [5.41, 5.74) is 0. The van der Waals surface area contributed by atoms with Crippen LogP contribution in [-0.4, -0.2) is 92.1 Å². The van der Waals surface area contributed by atoms with Crippen LogP contribution in [-0.2, 0) is 4.74 Å². The molecule has 0 bridgehead atoms. The minimum atomic E-state index is -1.18. The molecule has 0 amide bonds.